The average molecular weight is 273 g/mol. The molecule has 1 aliphatic heterocycles. The molecule has 2 N–H and O–H groups in total. The van der Waals surface area contributed by atoms with E-state index in [9.17, 15) is 0 Å². The van der Waals surface area contributed by atoms with Crippen LogP contribution >= 0.6 is 11.3 Å². The Morgan fingerprint density at radius 1 is 1.11 bits per heavy atom. The van der Waals surface area contributed by atoms with Crippen LogP contribution in [0.1, 0.15) is 29.7 Å². The summed E-state index contributed by atoms with van der Waals surface area (Å²) in [6.45, 7) is 2.40. The van der Waals surface area contributed by atoms with E-state index in [1.807, 2.05) is 6.20 Å². The Bertz CT molecular complexity index is 527. The Morgan fingerprint density at radius 2 is 1.84 bits per heavy atom. The fourth-order valence-electron chi connectivity index (χ4n) is 2.58. The number of thiazole rings is 1. The van der Waals surface area contributed by atoms with E-state index < -0.39 is 0 Å². The van der Waals surface area contributed by atoms with Gasteiger partial charge in [-0.05, 0) is 37.0 Å². The van der Waals surface area contributed by atoms with Crippen molar-refractivity contribution in [3.63, 3.8) is 0 Å². The summed E-state index contributed by atoms with van der Waals surface area (Å²) in [5.41, 5.74) is 8.33. The molecule has 1 fully saturated rings. The first kappa shape index (κ1) is 12.5. The number of nitrogens with zero attached hydrogens (tertiary/aromatic N) is 2. The summed E-state index contributed by atoms with van der Waals surface area (Å²) in [5, 5.41) is 0.653. The first-order chi connectivity index (χ1) is 9.31. The van der Waals surface area contributed by atoms with E-state index >= 15 is 0 Å². The van der Waals surface area contributed by atoms with Crippen LogP contribution in [-0.4, -0.2) is 18.1 Å². The van der Waals surface area contributed by atoms with E-state index in [4.69, 9.17) is 5.73 Å². The number of nitrogens with two attached hydrogens (primary N) is 1. The topological polar surface area (TPSA) is 42.1 Å². The van der Waals surface area contributed by atoms with Crippen LogP contribution in [0.5, 0.6) is 0 Å². The van der Waals surface area contributed by atoms with Crippen molar-refractivity contribution in [1.82, 2.24) is 4.98 Å². The number of hydrogen-bond acceptors (Lipinski definition) is 4. The first-order valence-corrected chi connectivity index (χ1v) is 7.67. The van der Waals surface area contributed by atoms with Gasteiger partial charge in [0, 0.05) is 36.3 Å². The molecule has 0 spiro atoms. The van der Waals surface area contributed by atoms with E-state index in [1.165, 1.54) is 48.5 Å². The molecule has 0 unspecified atom stereocenters. The van der Waals surface area contributed by atoms with Crippen LogP contribution in [0.4, 0.5) is 10.8 Å². The van der Waals surface area contributed by atoms with Crippen molar-refractivity contribution in [2.75, 3.05) is 23.7 Å². The smallest absolute Gasteiger partial charge is 0.180 e. The summed E-state index contributed by atoms with van der Waals surface area (Å²) in [5.74, 6) is 0. The van der Waals surface area contributed by atoms with E-state index in [2.05, 4.69) is 34.1 Å². The molecule has 0 amide bonds. The lowest BCUT2D eigenvalue weighted by atomic mass is 10.1. The standard InChI is InChI=1S/C15H19N3S/c16-15-17-11-14(19-15)10-12-4-6-13(7-5-12)18-8-2-1-3-9-18/h4-7,11H,1-3,8-10H2,(H2,16,17). The van der Waals surface area contributed by atoms with Gasteiger partial charge in [-0.25, -0.2) is 4.98 Å². The van der Waals surface area contributed by atoms with Gasteiger partial charge < -0.3 is 10.6 Å². The van der Waals surface area contributed by atoms with Gasteiger partial charge in [0.2, 0.25) is 0 Å². The molecule has 0 bridgehead atoms. The fraction of sp³-hybridized carbons (Fsp3) is 0.400. The molecule has 2 heterocycles. The molecule has 0 radical (unpaired) electrons. The van der Waals surface area contributed by atoms with Crippen molar-refractivity contribution in [2.45, 2.75) is 25.7 Å². The largest absolute Gasteiger partial charge is 0.375 e. The van der Waals surface area contributed by atoms with Gasteiger partial charge in [0.05, 0.1) is 0 Å². The van der Waals surface area contributed by atoms with E-state index in [0.29, 0.717) is 5.13 Å². The Hall–Kier alpha value is -1.55. The highest BCUT2D eigenvalue weighted by atomic mass is 32.1. The van der Waals surface area contributed by atoms with Crippen molar-refractivity contribution in [3.8, 4) is 0 Å². The second-order valence-electron chi connectivity index (χ2n) is 5.06. The van der Waals surface area contributed by atoms with Crippen LogP contribution in [-0.2, 0) is 6.42 Å². The van der Waals surface area contributed by atoms with Gasteiger partial charge in [-0.1, -0.05) is 12.1 Å². The SMILES string of the molecule is Nc1ncc(Cc2ccc(N3CCCCC3)cc2)s1. The molecular weight excluding hydrogens is 254 g/mol. The molecule has 100 valence electrons. The summed E-state index contributed by atoms with van der Waals surface area (Å²) >= 11 is 1.57. The van der Waals surface area contributed by atoms with Crippen molar-refractivity contribution in [2.24, 2.45) is 0 Å². The van der Waals surface area contributed by atoms with Gasteiger partial charge in [0.25, 0.3) is 0 Å². The van der Waals surface area contributed by atoms with Crippen molar-refractivity contribution in [1.29, 1.82) is 0 Å². The molecule has 4 heteroatoms. The second kappa shape index (κ2) is 5.61. The number of benzene rings is 1. The summed E-state index contributed by atoms with van der Waals surface area (Å²) < 4.78 is 0. The quantitative estimate of drug-likeness (QED) is 0.933. The van der Waals surface area contributed by atoms with Gasteiger partial charge in [-0.15, -0.1) is 11.3 Å². The van der Waals surface area contributed by atoms with Crippen molar-refractivity contribution in [3.05, 3.63) is 40.9 Å². The Labute approximate surface area is 118 Å². The molecule has 0 saturated carbocycles. The van der Waals surface area contributed by atoms with Gasteiger partial charge in [-0.3, -0.25) is 0 Å². The highest BCUT2D eigenvalue weighted by Gasteiger charge is 2.10. The molecule has 1 aromatic heterocycles. The lowest BCUT2D eigenvalue weighted by Crippen LogP contribution is -2.29. The van der Waals surface area contributed by atoms with Crippen molar-refractivity contribution < 1.29 is 0 Å². The normalized spacial score (nSPS) is 15.7. The zero-order valence-electron chi connectivity index (χ0n) is 11.0. The van der Waals surface area contributed by atoms with E-state index in [0.717, 1.165) is 6.42 Å². The Kier molecular flexibility index (Phi) is 3.69. The zero-order valence-corrected chi connectivity index (χ0v) is 11.8. The molecule has 3 rings (SSSR count). The molecule has 1 aromatic carbocycles. The maximum Gasteiger partial charge on any atom is 0.180 e. The predicted octanol–water partition coefficient (Wildman–Crippen LogP) is 3.31. The average Bonchev–Trinajstić information content (AvgIpc) is 2.86. The lowest BCUT2D eigenvalue weighted by Gasteiger charge is -2.28. The minimum absolute atomic E-state index is 0.653. The molecule has 0 aliphatic carbocycles. The third-order valence-electron chi connectivity index (χ3n) is 3.61. The summed E-state index contributed by atoms with van der Waals surface area (Å²) in [4.78, 5) is 7.80. The minimum atomic E-state index is 0.653. The van der Waals surface area contributed by atoms with Crippen LogP contribution < -0.4 is 10.6 Å². The monoisotopic (exact) mass is 273 g/mol. The van der Waals surface area contributed by atoms with Crippen LogP contribution in [0, 0.1) is 0 Å². The zero-order chi connectivity index (χ0) is 13.1. The molecule has 3 nitrogen and oxygen atoms in total. The summed E-state index contributed by atoms with van der Waals surface area (Å²) in [7, 11) is 0. The minimum Gasteiger partial charge on any atom is -0.375 e. The number of hydrogen-bond donors (Lipinski definition) is 1. The van der Waals surface area contributed by atoms with E-state index in [-0.39, 0.29) is 0 Å². The molecule has 2 aromatic rings. The maximum atomic E-state index is 5.65. The molecular formula is C15H19N3S. The van der Waals surface area contributed by atoms with Crippen molar-refractivity contribution >= 4 is 22.2 Å². The van der Waals surface area contributed by atoms with E-state index in [1.54, 1.807) is 11.3 Å². The van der Waals surface area contributed by atoms with Crippen LogP contribution in [0.3, 0.4) is 0 Å². The number of aromatic nitrogens is 1. The van der Waals surface area contributed by atoms with Crippen LogP contribution in [0.25, 0.3) is 0 Å². The third kappa shape index (κ3) is 3.07. The highest BCUT2D eigenvalue weighted by Crippen LogP contribution is 2.23. The van der Waals surface area contributed by atoms with Gasteiger partial charge in [-0.2, -0.15) is 0 Å². The van der Waals surface area contributed by atoms with Crippen LogP contribution in [0.2, 0.25) is 0 Å². The maximum absolute atomic E-state index is 5.65. The summed E-state index contributed by atoms with van der Waals surface area (Å²) in [6.07, 6.45) is 6.82. The third-order valence-corrected chi connectivity index (χ3v) is 4.43. The molecule has 19 heavy (non-hydrogen) atoms. The van der Waals surface area contributed by atoms with Gasteiger partial charge in [0.1, 0.15) is 0 Å². The highest BCUT2D eigenvalue weighted by molar-refractivity contribution is 7.15. The van der Waals surface area contributed by atoms with Gasteiger partial charge >= 0.3 is 0 Å². The fourth-order valence-corrected chi connectivity index (χ4v) is 3.30. The molecule has 1 aliphatic rings. The Balaban J connectivity index is 1.68. The molecule has 1 saturated heterocycles. The molecule has 0 atom stereocenters. The number of nitrogen functional groups attached to an aromatic ring is 1. The van der Waals surface area contributed by atoms with Gasteiger partial charge in [0.15, 0.2) is 5.13 Å². The summed E-state index contributed by atoms with van der Waals surface area (Å²) in [6, 6.07) is 8.93. The number of rotatable bonds is 3. The predicted molar refractivity (Wildman–Crippen MR) is 81.8 cm³/mol. The Morgan fingerprint density at radius 3 is 2.47 bits per heavy atom. The number of piperidine rings is 1. The number of anilines is 2. The lowest BCUT2D eigenvalue weighted by molar-refractivity contribution is 0.578. The van der Waals surface area contributed by atoms with Crippen LogP contribution in [0.15, 0.2) is 30.5 Å². The second-order valence-corrected chi connectivity index (χ2v) is 6.20. The first-order valence-electron chi connectivity index (χ1n) is 6.85.